The molecule has 1 aromatic rings. The van der Waals surface area contributed by atoms with Gasteiger partial charge >= 0.3 is 6.09 Å². The van der Waals surface area contributed by atoms with Crippen molar-refractivity contribution in [2.45, 2.75) is 32.8 Å². The topological polar surface area (TPSA) is 59.1 Å². The van der Waals surface area contributed by atoms with Crippen LogP contribution >= 0.6 is 0 Å². The van der Waals surface area contributed by atoms with E-state index in [1.54, 1.807) is 20.8 Å². The molecule has 0 aromatic heterocycles. The lowest BCUT2D eigenvalue weighted by Gasteiger charge is -2.35. The van der Waals surface area contributed by atoms with Gasteiger partial charge in [0.2, 0.25) is 5.91 Å². The normalized spacial score (nSPS) is 15.0. The zero-order valence-corrected chi connectivity index (χ0v) is 15.5. The van der Waals surface area contributed by atoms with E-state index in [9.17, 15) is 18.4 Å². The van der Waals surface area contributed by atoms with Crippen molar-refractivity contribution in [3.63, 3.8) is 0 Å². The Kier molecular flexibility index (Phi) is 6.05. The molecule has 1 fully saturated rings. The lowest BCUT2D eigenvalue weighted by atomic mass is 10.1. The second-order valence-electron chi connectivity index (χ2n) is 7.09. The zero-order chi connectivity index (χ0) is 19.5. The Morgan fingerprint density at radius 3 is 2.00 bits per heavy atom. The number of benzene rings is 1. The number of amides is 2. The fraction of sp³-hybridized carbons (Fsp3) is 0.556. The monoisotopic (exact) mass is 370 g/mol. The molecule has 0 N–H and O–H groups in total. The van der Waals surface area contributed by atoms with Gasteiger partial charge in [-0.15, -0.1) is 0 Å². The van der Waals surface area contributed by atoms with Gasteiger partial charge in [-0.1, -0.05) is 0 Å². The predicted octanol–water partition coefficient (Wildman–Crippen LogP) is 2.60. The molecule has 0 spiro atoms. The van der Waals surface area contributed by atoms with Crippen molar-refractivity contribution in [2.75, 3.05) is 33.3 Å². The molecular weight excluding hydrogens is 346 g/mol. The summed E-state index contributed by atoms with van der Waals surface area (Å²) in [5.74, 6) is -1.97. The highest BCUT2D eigenvalue weighted by atomic mass is 19.1. The van der Waals surface area contributed by atoms with Gasteiger partial charge in [0, 0.05) is 43.9 Å². The van der Waals surface area contributed by atoms with Gasteiger partial charge in [-0.2, -0.15) is 0 Å². The average molecular weight is 370 g/mol. The Hall–Kier alpha value is -2.38. The van der Waals surface area contributed by atoms with Crippen molar-refractivity contribution >= 4 is 12.0 Å². The summed E-state index contributed by atoms with van der Waals surface area (Å²) in [4.78, 5) is 27.4. The first kappa shape index (κ1) is 19.9. The predicted molar refractivity (Wildman–Crippen MR) is 91.0 cm³/mol. The Bertz CT molecular complexity index is 657. The standard InChI is InChI=1S/C18H24F2N2O4/c1-18(2,3)26-17(24)22-7-5-21(6-8-22)16(23)11-13-14(19)9-12(25-4)10-15(13)20/h9-10H,5-8,11H2,1-4H3. The molecule has 1 aliphatic rings. The van der Waals surface area contributed by atoms with Crippen LogP contribution in [-0.4, -0.2) is 60.7 Å². The molecule has 2 rings (SSSR count). The van der Waals surface area contributed by atoms with Crippen LogP contribution in [0.4, 0.5) is 13.6 Å². The van der Waals surface area contributed by atoms with E-state index < -0.39 is 29.2 Å². The second-order valence-corrected chi connectivity index (χ2v) is 7.09. The van der Waals surface area contributed by atoms with Crippen LogP contribution in [0.3, 0.4) is 0 Å². The van der Waals surface area contributed by atoms with E-state index in [2.05, 4.69) is 0 Å². The van der Waals surface area contributed by atoms with Gasteiger partial charge in [-0.05, 0) is 20.8 Å². The second kappa shape index (κ2) is 7.88. The number of carbonyl (C=O) groups excluding carboxylic acids is 2. The van der Waals surface area contributed by atoms with Crippen molar-refractivity contribution in [1.29, 1.82) is 0 Å². The lowest BCUT2D eigenvalue weighted by molar-refractivity contribution is -0.132. The SMILES string of the molecule is COc1cc(F)c(CC(=O)N2CCN(C(=O)OC(C)(C)C)CC2)c(F)c1. The first-order chi connectivity index (χ1) is 12.1. The number of piperazine rings is 1. The molecule has 1 saturated heterocycles. The number of methoxy groups -OCH3 is 1. The van der Waals surface area contributed by atoms with Gasteiger partial charge < -0.3 is 19.3 Å². The third-order valence-electron chi connectivity index (χ3n) is 3.96. The number of rotatable bonds is 3. The maximum atomic E-state index is 14.0. The van der Waals surface area contributed by atoms with Crippen molar-refractivity contribution in [1.82, 2.24) is 9.80 Å². The third-order valence-corrected chi connectivity index (χ3v) is 3.96. The molecule has 8 heteroatoms. The van der Waals surface area contributed by atoms with Crippen LogP contribution in [0.15, 0.2) is 12.1 Å². The summed E-state index contributed by atoms with van der Waals surface area (Å²) in [6, 6.07) is 2.10. The Morgan fingerprint density at radius 2 is 1.54 bits per heavy atom. The molecule has 0 atom stereocenters. The van der Waals surface area contributed by atoms with E-state index in [0.29, 0.717) is 13.1 Å². The summed E-state index contributed by atoms with van der Waals surface area (Å²) in [5.41, 5.74) is -0.877. The van der Waals surface area contributed by atoms with Crippen LogP contribution in [-0.2, 0) is 16.0 Å². The van der Waals surface area contributed by atoms with Gasteiger partial charge in [-0.25, -0.2) is 13.6 Å². The van der Waals surface area contributed by atoms with E-state index in [-0.39, 0.29) is 30.8 Å². The fourth-order valence-corrected chi connectivity index (χ4v) is 2.59. The maximum absolute atomic E-state index is 14.0. The van der Waals surface area contributed by atoms with Crippen molar-refractivity contribution in [3.05, 3.63) is 29.3 Å². The molecule has 0 radical (unpaired) electrons. The van der Waals surface area contributed by atoms with Gasteiger partial charge in [0.25, 0.3) is 0 Å². The number of hydrogen-bond acceptors (Lipinski definition) is 4. The van der Waals surface area contributed by atoms with Crippen molar-refractivity contribution in [2.24, 2.45) is 0 Å². The molecule has 1 heterocycles. The summed E-state index contributed by atoms with van der Waals surface area (Å²) < 4.78 is 38.1. The Morgan fingerprint density at radius 1 is 1.04 bits per heavy atom. The quantitative estimate of drug-likeness (QED) is 0.821. The van der Waals surface area contributed by atoms with Gasteiger partial charge in [0.1, 0.15) is 23.0 Å². The van der Waals surface area contributed by atoms with Crippen LogP contribution in [0.2, 0.25) is 0 Å². The van der Waals surface area contributed by atoms with E-state index in [1.807, 2.05) is 0 Å². The third kappa shape index (κ3) is 5.06. The minimum absolute atomic E-state index is 0.0576. The minimum Gasteiger partial charge on any atom is -0.497 e. The van der Waals surface area contributed by atoms with Gasteiger partial charge in [0.15, 0.2) is 0 Å². The summed E-state index contributed by atoms with van der Waals surface area (Å²) in [5, 5.41) is 0. The van der Waals surface area contributed by atoms with E-state index >= 15 is 0 Å². The molecule has 0 aliphatic carbocycles. The minimum atomic E-state index is -0.817. The van der Waals surface area contributed by atoms with Crippen LogP contribution in [0, 0.1) is 11.6 Å². The maximum Gasteiger partial charge on any atom is 0.410 e. The van der Waals surface area contributed by atoms with Crippen LogP contribution in [0.5, 0.6) is 5.75 Å². The molecule has 144 valence electrons. The highest BCUT2D eigenvalue weighted by Crippen LogP contribution is 2.21. The molecule has 0 saturated carbocycles. The molecule has 0 unspecified atom stereocenters. The van der Waals surface area contributed by atoms with Crippen LogP contribution < -0.4 is 4.74 Å². The first-order valence-electron chi connectivity index (χ1n) is 8.38. The number of ether oxygens (including phenoxy) is 2. The summed E-state index contributed by atoms with van der Waals surface area (Å²) in [6.45, 7) is 6.55. The number of halogens is 2. The highest BCUT2D eigenvalue weighted by Gasteiger charge is 2.28. The van der Waals surface area contributed by atoms with Gasteiger partial charge in [0.05, 0.1) is 13.5 Å². The molecule has 2 amide bonds. The fourth-order valence-electron chi connectivity index (χ4n) is 2.59. The number of carbonyl (C=O) groups is 2. The van der Waals surface area contributed by atoms with Crippen molar-refractivity contribution < 1.29 is 27.8 Å². The smallest absolute Gasteiger partial charge is 0.410 e. The Labute approximate surface area is 151 Å². The number of hydrogen-bond donors (Lipinski definition) is 0. The number of nitrogens with zero attached hydrogens (tertiary/aromatic N) is 2. The molecule has 1 aliphatic heterocycles. The average Bonchev–Trinajstić information content (AvgIpc) is 2.56. The van der Waals surface area contributed by atoms with Crippen molar-refractivity contribution in [3.8, 4) is 5.75 Å². The molecular formula is C18H24F2N2O4. The zero-order valence-electron chi connectivity index (χ0n) is 15.5. The van der Waals surface area contributed by atoms with E-state index in [1.165, 1.54) is 16.9 Å². The molecule has 1 aromatic carbocycles. The summed E-state index contributed by atoms with van der Waals surface area (Å²) in [7, 11) is 1.31. The Balaban J connectivity index is 1.94. The van der Waals surface area contributed by atoms with Gasteiger partial charge in [-0.3, -0.25) is 4.79 Å². The first-order valence-corrected chi connectivity index (χ1v) is 8.38. The van der Waals surface area contributed by atoms with Crippen LogP contribution in [0.1, 0.15) is 26.3 Å². The highest BCUT2D eigenvalue weighted by molar-refractivity contribution is 5.79. The summed E-state index contributed by atoms with van der Waals surface area (Å²) in [6.07, 6.45) is -0.814. The van der Waals surface area contributed by atoms with E-state index in [0.717, 1.165) is 12.1 Å². The summed E-state index contributed by atoms with van der Waals surface area (Å²) >= 11 is 0. The molecule has 26 heavy (non-hydrogen) atoms. The van der Waals surface area contributed by atoms with Crippen LogP contribution in [0.25, 0.3) is 0 Å². The lowest BCUT2D eigenvalue weighted by Crippen LogP contribution is -2.52. The molecule has 6 nitrogen and oxygen atoms in total. The van der Waals surface area contributed by atoms with E-state index in [4.69, 9.17) is 9.47 Å². The largest absolute Gasteiger partial charge is 0.497 e. The molecule has 0 bridgehead atoms.